The maximum absolute atomic E-state index is 5.48. The average molecular weight is 387 g/mol. The van der Waals surface area contributed by atoms with Crippen molar-refractivity contribution in [3.8, 4) is 5.75 Å². The van der Waals surface area contributed by atoms with Gasteiger partial charge in [0.2, 0.25) is 0 Å². The van der Waals surface area contributed by atoms with Gasteiger partial charge in [-0.05, 0) is 26.0 Å². The van der Waals surface area contributed by atoms with Crippen molar-refractivity contribution in [2.24, 2.45) is 0 Å². The molecule has 2 aromatic heterocycles. The van der Waals surface area contributed by atoms with Crippen LogP contribution in [0.15, 0.2) is 60.8 Å². The standard InChI is InChI=1S/C23H25N5O/c1-16(20-9-5-7-11-22(20)29-3)25-23-14-19(26-17(2)27-23)12-13-28-21-10-6-4-8-18(21)15-24-28/h4-11,14-16H,12-13H2,1-3H3,(H,25,26,27). The van der Waals surface area contributed by atoms with Gasteiger partial charge in [-0.3, -0.25) is 4.68 Å². The Morgan fingerprint density at radius 1 is 1.07 bits per heavy atom. The van der Waals surface area contributed by atoms with E-state index in [0.717, 1.165) is 52.5 Å². The molecule has 6 nitrogen and oxygen atoms in total. The van der Waals surface area contributed by atoms with Crippen LogP contribution >= 0.6 is 0 Å². The summed E-state index contributed by atoms with van der Waals surface area (Å²) in [5.74, 6) is 2.43. The Labute approximate surface area is 170 Å². The van der Waals surface area contributed by atoms with E-state index in [2.05, 4.69) is 45.5 Å². The number of ether oxygens (including phenoxy) is 1. The van der Waals surface area contributed by atoms with Gasteiger partial charge in [-0.2, -0.15) is 5.10 Å². The molecule has 2 aromatic carbocycles. The van der Waals surface area contributed by atoms with Crippen molar-refractivity contribution in [2.75, 3.05) is 12.4 Å². The molecule has 148 valence electrons. The zero-order valence-electron chi connectivity index (χ0n) is 17.0. The summed E-state index contributed by atoms with van der Waals surface area (Å²) in [5.41, 5.74) is 3.23. The van der Waals surface area contributed by atoms with Gasteiger partial charge in [0.25, 0.3) is 0 Å². The summed E-state index contributed by atoms with van der Waals surface area (Å²) in [4.78, 5) is 9.17. The van der Waals surface area contributed by atoms with Crippen LogP contribution in [-0.4, -0.2) is 26.9 Å². The molecule has 0 radical (unpaired) electrons. The fourth-order valence-electron chi connectivity index (χ4n) is 3.58. The first-order valence-corrected chi connectivity index (χ1v) is 9.78. The molecule has 0 amide bonds. The summed E-state index contributed by atoms with van der Waals surface area (Å²) < 4.78 is 7.51. The molecule has 1 atom stereocenters. The van der Waals surface area contributed by atoms with Crippen molar-refractivity contribution in [3.05, 3.63) is 77.9 Å². The first-order chi connectivity index (χ1) is 14.1. The molecular formula is C23H25N5O. The second-order valence-electron chi connectivity index (χ2n) is 7.08. The highest BCUT2D eigenvalue weighted by Crippen LogP contribution is 2.27. The number of benzene rings is 2. The number of aromatic nitrogens is 4. The fraction of sp³-hybridized carbons (Fsp3) is 0.261. The van der Waals surface area contributed by atoms with Gasteiger partial charge in [-0.25, -0.2) is 9.97 Å². The highest BCUT2D eigenvalue weighted by atomic mass is 16.5. The van der Waals surface area contributed by atoms with E-state index in [1.807, 2.05) is 54.2 Å². The zero-order chi connectivity index (χ0) is 20.2. The van der Waals surface area contributed by atoms with Crippen LogP contribution in [0.4, 0.5) is 5.82 Å². The molecule has 2 heterocycles. The lowest BCUT2D eigenvalue weighted by Crippen LogP contribution is -2.11. The summed E-state index contributed by atoms with van der Waals surface area (Å²) in [5, 5.41) is 9.14. The topological polar surface area (TPSA) is 64.9 Å². The third-order valence-electron chi connectivity index (χ3n) is 4.99. The number of aryl methyl sites for hydroxylation is 3. The highest BCUT2D eigenvalue weighted by molar-refractivity contribution is 5.78. The van der Waals surface area contributed by atoms with Gasteiger partial charge in [0.15, 0.2) is 0 Å². The Hall–Kier alpha value is -3.41. The second-order valence-corrected chi connectivity index (χ2v) is 7.08. The maximum Gasteiger partial charge on any atom is 0.130 e. The molecule has 0 saturated carbocycles. The van der Waals surface area contributed by atoms with E-state index in [4.69, 9.17) is 4.74 Å². The van der Waals surface area contributed by atoms with Crippen LogP contribution in [0.5, 0.6) is 5.75 Å². The van der Waals surface area contributed by atoms with E-state index in [0.29, 0.717) is 0 Å². The van der Waals surface area contributed by atoms with Crippen LogP contribution in [0.25, 0.3) is 10.9 Å². The summed E-state index contributed by atoms with van der Waals surface area (Å²) in [6, 6.07) is 18.3. The average Bonchev–Trinajstić information content (AvgIpc) is 3.15. The van der Waals surface area contributed by atoms with Gasteiger partial charge in [0.05, 0.1) is 24.9 Å². The Bertz CT molecular complexity index is 1120. The third kappa shape index (κ3) is 4.21. The van der Waals surface area contributed by atoms with Crippen LogP contribution < -0.4 is 10.1 Å². The lowest BCUT2D eigenvalue weighted by atomic mass is 10.1. The van der Waals surface area contributed by atoms with E-state index in [1.165, 1.54) is 0 Å². The predicted molar refractivity (Wildman–Crippen MR) is 115 cm³/mol. The molecule has 0 bridgehead atoms. The first kappa shape index (κ1) is 18.9. The lowest BCUT2D eigenvalue weighted by molar-refractivity contribution is 0.408. The minimum absolute atomic E-state index is 0.0587. The number of hydrogen-bond donors (Lipinski definition) is 1. The highest BCUT2D eigenvalue weighted by Gasteiger charge is 2.12. The van der Waals surface area contributed by atoms with E-state index >= 15 is 0 Å². The molecule has 0 aliphatic carbocycles. The smallest absolute Gasteiger partial charge is 0.130 e. The molecule has 1 N–H and O–H groups in total. The Balaban J connectivity index is 1.50. The van der Waals surface area contributed by atoms with Crippen molar-refractivity contribution in [2.45, 2.75) is 32.9 Å². The monoisotopic (exact) mass is 387 g/mol. The molecule has 0 aliphatic rings. The Morgan fingerprint density at radius 3 is 2.72 bits per heavy atom. The lowest BCUT2D eigenvalue weighted by Gasteiger charge is -2.18. The van der Waals surface area contributed by atoms with Gasteiger partial charge in [-0.1, -0.05) is 36.4 Å². The molecule has 1 unspecified atom stereocenters. The summed E-state index contributed by atoms with van der Waals surface area (Å²) in [7, 11) is 1.69. The van der Waals surface area contributed by atoms with E-state index in [-0.39, 0.29) is 6.04 Å². The number of fused-ring (bicyclic) bond motifs is 1. The normalized spacial score (nSPS) is 12.1. The number of nitrogens with one attached hydrogen (secondary N) is 1. The number of rotatable bonds is 7. The molecule has 6 heteroatoms. The van der Waals surface area contributed by atoms with Crippen molar-refractivity contribution in [1.29, 1.82) is 0 Å². The Kier molecular flexibility index (Phi) is 5.42. The van der Waals surface area contributed by atoms with Crippen LogP contribution in [0.2, 0.25) is 0 Å². The molecule has 0 saturated heterocycles. The quantitative estimate of drug-likeness (QED) is 0.504. The van der Waals surface area contributed by atoms with Crippen molar-refractivity contribution in [1.82, 2.24) is 19.7 Å². The van der Waals surface area contributed by atoms with Gasteiger partial charge < -0.3 is 10.1 Å². The summed E-state index contributed by atoms with van der Waals surface area (Å²) in [6.07, 6.45) is 2.69. The molecule has 0 spiro atoms. The summed E-state index contributed by atoms with van der Waals surface area (Å²) in [6.45, 7) is 4.79. The van der Waals surface area contributed by atoms with Crippen LogP contribution in [0, 0.1) is 6.92 Å². The second kappa shape index (κ2) is 8.31. The van der Waals surface area contributed by atoms with E-state index in [1.54, 1.807) is 7.11 Å². The van der Waals surface area contributed by atoms with Crippen LogP contribution in [-0.2, 0) is 13.0 Å². The third-order valence-corrected chi connectivity index (χ3v) is 4.99. The van der Waals surface area contributed by atoms with Gasteiger partial charge >= 0.3 is 0 Å². The summed E-state index contributed by atoms with van der Waals surface area (Å²) >= 11 is 0. The predicted octanol–water partition coefficient (Wildman–Crippen LogP) is 4.56. The fourth-order valence-corrected chi connectivity index (χ4v) is 3.58. The van der Waals surface area contributed by atoms with Gasteiger partial charge in [0, 0.05) is 35.7 Å². The van der Waals surface area contributed by atoms with Gasteiger partial charge in [0.1, 0.15) is 17.4 Å². The number of hydrogen-bond acceptors (Lipinski definition) is 5. The molecule has 0 aliphatic heterocycles. The minimum atomic E-state index is 0.0587. The molecule has 4 aromatic rings. The van der Waals surface area contributed by atoms with Crippen molar-refractivity contribution >= 4 is 16.7 Å². The number of nitrogens with zero attached hydrogens (tertiary/aromatic N) is 4. The molecular weight excluding hydrogens is 362 g/mol. The largest absolute Gasteiger partial charge is 0.496 e. The number of anilines is 1. The molecule has 29 heavy (non-hydrogen) atoms. The zero-order valence-corrected chi connectivity index (χ0v) is 17.0. The molecule has 0 fully saturated rings. The van der Waals surface area contributed by atoms with Gasteiger partial charge in [-0.15, -0.1) is 0 Å². The number of methoxy groups -OCH3 is 1. The van der Waals surface area contributed by atoms with Crippen LogP contribution in [0.3, 0.4) is 0 Å². The first-order valence-electron chi connectivity index (χ1n) is 9.78. The van der Waals surface area contributed by atoms with Crippen LogP contribution in [0.1, 0.15) is 30.0 Å². The maximum atomic E-state index is 5.48. The van der Waals surface area contributed by atoms with Crippen molar-refractivity contribution in [3.63, 3.8) is 0 Å². The van der Waals surface area contributed by atoms with Crippen molar-refractivity contribution < 1.29 is 4.74 Å². The SMILES string of the molecule is COc1ccccc1C(C)Nc1cc(CCn2ncc3ccccc32)nc(C)n1. The minimum Gasteiger partial charge on any atom is -0.496 e. The Morgan fingerprint density at radius 2 is 1.86 bits per heavy atom. The van der Waals surface area contributed by atoms with E-state index < -0.39 is 0 Å². The molecule has 4 rings (SSSR count). The van der Waals surface area contributed by atoms with E-state index in [9.17, 15) is 0 Å². The number of para-hydroxylation sites is 2.